The van der Waals surface area contributed by atoms with Gasteiger partial charge in [-0.1, -0.05) is 34.1 Å². The molecule has 12 heavy (non-hydrogen) atoms. The smallest absolute Gasteiger partial charge is 0.00927 e. The highest BCUT2D eigenvalue weighted by atomic mass is 15.0. The first-order chi connectivity index (χ1) is 5.61. The van der Waals surface area contributed by atoms with Crippen molar-refractivity contribution in [3.63, 3.8) is 0 Å². The number of hydrogen-bond acceptors (Lipinski definition) is 1. The van der Waals surface area contributed by atoms with Gasteiger partial charge in [0, 0.05) is 12.1 Å². The van der Waals surface area contributed by atoms with Crippen LogP contribution in [0.15, 0.2) is 0 Å². The summed E-state index contributed by atoms with van der Waals surface area (Å²) in [6.45, 7) is 9.28. The Morgan fingerprint density at radius 3 is 1.67 bits per heavy atom. The van der Waals surface area contributed by atoms with Gasteiger partial charge in [-0.15, -0.1) is 0 Å². The fourth-order valence-electron chi connectivity index (χ4n) is 2.05. The van der Waals surface area contributed by atoms with E-state index in [4.69, 9.17) is 0 Å². The molecule has 1 nitrogen and oxygen atoms in total. The van der Waals surface area contributed by atoms with Gasteiger partial charge in [0.15, 0.2) is 0 Å². The molecule has 0 aromatic carbocycles. The van der Waals surface area contributed by atoms with Crippen LogP contribution in [0, 0.1) is 11.8 Å². The highest BCUT2D eigenvalue weighted by molar-refractivity contribution is 4.83. The van der Waals surface area contributed by atoms with Crippen LogP contribution >= 0.6 is 0 Å². The van der Waals surface area contributed by atoms with E-state index in [9.17, 15) is 0 Å². The van der Waals surface area contributed by atoms with Gasteiger partial charge >= 0.3 is 0 Å². The van der Waals surface area contributed by atoms with E-state index >= 15 is 0 Å². The predicted molar refractivity (Wildman–Crippen MR) is 54.2 cm³/mol. The molecule has 0 aromatic heterocycles. The zero-order valence-electron chi connectivity index (χ0n) is 8.93. The van der Waals surface area contributed by atoms with Gasteiger partial charge in [0.2, 0.25) is 0 Å². The summed E-state index contributed by atoms with van der Waals surface area (Å²) in [6, 6.07) is 1.54. The summed E-state index contributed by atoms with van der Waals surface area (Å²) < 4.78 is 0. The fourth-order valence-corrected chi connectivity index (χ4v) is 2.05. The molecule has 2 atom stereocenters. The molecule has 0 bridgehead atoms. The molecule has 1 N–H and O–H groups in total. The molecular formula is C11H23N. The van der Waals surface area contributed by atoms with E-state index in [0.717, 1.165) is 23.9 Å². The Balaban J connectivity index is 2.40. The molecule has 0 aliphatic carbocycles. The summed E-state index contributed by atoms with van der Waals surface area (Å²) in [5.74, 6) is 1.60. The Bertz CT molecular complexity index is 115. The summed E-state index contributed by atoms with van der Waals surface area (Å²) >= 11 is 0. The zero-order valence-corrected chi connectivity index (χ0v) is 8.93. The van der Waals surface area contributed by atoms with E-state index in [2.05, 4.69) is 33.0 Å². The number of nitrogens with one attached hydrogen (secondary N) is 1. The maximum atomic E-state index is 3.75. The molecule has 0 aromatic rings. The van der Waals surface area contributed by atoms with Gasteiger partial charge in [0.05, 0.1) is 0 Å². The van der Waals surface area contributed by atoms with E-state index in [1.54, 1.807) is 0 Å². The molecule has 1 saturated heterocycles. The second kappa shape index (κ2) is 4.27. The summed E-state index contributed by atoms with van der Waals surface area (Å²) in [5.41, 5.74) is 0. The maximum absolute atomic E-state index is 3.75. The topological polar surface area (TPSA) is 12.0 Å². The molecule has 1 heteroatoms. The molecule has 0 radical (unpaired) electrons. The summed E-state index contributed by atoms with van der Waals surface area (Å²) in [7, 11) is 0. The minimum atomic E-state index is 0.770. The normalized spacial score (nSPS) is 31.5. The first kappa shape index (κ1) is 10.0. The Morgan fingerprint density at radius 1 is 0.917 bits per heavy atom. The Labute approximate surface area is 76.9 Å². The number of rotatable bonds is 2. The fraction of sp³-hybridized carbons (Fsp3) is 1.00. The molecule has 1 fully saturated rings. The van der Waals surface area contributed by atoms with E-state index < -0.39 is 0 Å². The minimum absolute atomic E-state index is 0.770. The molecule has 0 spiro atoms. The second-order valence-electron chi connectivity index (χ2n) is 4.80. The van der Waals surface area contributed by atoms with Gasteiger partial charge in [-0.05, 0) is 24.7 Å². The summed E-state index contributed by atoms with van der Waals surface area (Å²) in [4.78, 5) is 0. The number of hydrogen-bond donors (Lipinski definition) is 1. The van der Waals surface area contributed by atoms with Gasteiger partial charge in [0.25, 0.3) is 0 Å². The second-order valence-corrected chi connectivity index (χ2v) is 4.80. The lowest BCUT2D eigenvalue weighted by atomic mass is 9.87. The van der Waals surface area contributed by atoms with Crippen LogP contribution in [-0.2, 0) is 0 Å². The van der Waals surface area contributed by atoms with E-state index in [1.165, 1.54) is 19.3 Å². The lowest BCUT2D eigenvalue weighted by Crippen LogP contribution is -2.47. The van der Waals surface area contributed by atoms with E-state index in [0.29, 0.717) is 0 Å². The lowest BCUT2D eigenvalue weighted by Gasteiger charge is -2.35. The van der Waals surface area contributed by atoms with Crippen LogP contribution in [0.3, 0.4) is 0 Å². The van der Waals surface area contributed by atoms with Crippen molar-refractivity contribution >= 4 is 0 Å². The minimum Gasteiger partial charge on any atom is -0.311 e. The summed E-state index contributed by atoms with van der Waals surface area (Å²) in [5, 5.41) is 3.75. The Kier molecular flexibility index (Phi) is 3.57. The van der Waals surface area contributed by atoms with Crippen LogP contribution in [0.4, 0.5) is 0 Å². The maximum Gasteiger partial charge on any atom is 0.00927 e. The van der Waals surface area contributed by atoms with Crippen molar-refractivity contribution in [2.75, 3.05) is 0 Å². The van der Waals surface area contributed by atoms with Crippen molar-refractivity contribution in [2.24, 2.45) is 11.8 Å². The Hall–Kier alpha value is -0.0400. The highest BCUT2D eigenvalue weighted by Crippen LogP contribution is 2.21. The van der Waals surface area contributed by atoms with Crippen molar-refractivity contribution in [1.29, 1.82) is 0 Å². The van der Waals surface area contributed by atoms with E-state index in [1.807, 2.05) is 0 Å². The van der Waals surface area contributed by atoms with Crippen molar-refractivity contribution in [3.05, 3.63) is 0 Å². The largest absolute Gasteiger partial charge is 0.311 e. The average molecular weight is 169 g/mol. The van der Waals surface area contributed by atoms with Crippen molar-refractivity contribution in [3.8, 4) is 0 Å². The molecule has 0 amide bonds. The first-order valence-electron chi connectivity index (χ1n) is 5.37. The van der Waals surface area contributed by atoms with Crippen LogP contribution < -0.4 is 5.32 Å². The first-order valence-corrected chi connectivity index (χ1v) is 5.37. The average Bonchev–Trinajstić information content (AvgIpc) is 2.04. The highest BCUT2D eigenvalue weighted by Gasteiger charge is 2.24. The van der Waals surface area contributed by atoms with Crippen LogP contribution in [0.25, 0.3) is 0 Å². The van der Waals surface area contributed by atoms with Gasteiger partial charge in [-0.3, -0.25) is 0 Å². The Morgan fingerprint density at radius 2 is 1.33 bits per heavy atom. The lowest BCUT2D eigenvalue weighted by molar-refractivity contribution is 0.231. The van der Waals surface area contributed by atoms with Crippen LogP contribution in [0.2, 0.25) is 0 Å². The molecule has 1 heterocycles. The van der Waals surface area contributed by atoms with Gasteiger partial charge in [-0.2, -0.15) is 0 Å². The molecule has 1 aliphatic rings. The van der Waals surface area contributed by atoms with Crippen molar-refractivity contribution in [1.82, 2.24) is 5.32 Å². The molecule has 1 aliphatic heterocycles. The number of piperidine rings is 1. The van der Waals surface area contributed by atoms with Crippen LogP contribution in [0.1, 0.15) is 47.0 Å². The quantitative estimate of drug-likeness (QED) is 0.670. The summed E-state index contributed by atoms with van der Waals surface area (Å²) in [6.07, 6.45) is 4.17. The van der Waals surface area contributed by atoms with Gasteiger partial charge in [-0.25, -0.2) is 0 Å². The molecule has 1 unspecified atom stereocenters. The van der Waals surface area contributed by atoms with Crippen molar-refractivity contribution < 1.29 is 0 Å². The molecule has 1 rings (SSSR count). The predicted octanol–water partition coefficient (Wildman–Crippen LogP) is 2.81. The van der Waals surface area contributed by atoms with Crippen LogP contribution in [0.5, 0.6) is 0 Å². The third-order valence-corrected chi connectivity index (χ3v) is 3.07. The van der Waals surface area contributed by atoms with Crippen LogP contribution in [-0.4, -0.2) is 12.1 Å². The monoisotopic (exact) mass is 169 g/mol. The SMILES string of the molecule is CC(C)C1CCC[C@@H](C(C)C)N1. The standard InChI is InChI=1S/C11H23N/c1-8(2)10-6-5-7-11(12-10)9(3)4/h8-12H,5-7H2,1-4H3/t10-,11?/m0/s1. The molecular weight excluding hydrogens is 146 g/mol. The molecule has 0 saturated carbocycles. The zero-order chi connectivity index (χ0) is 9.14. The van der Waals surface area contributed by atoms with E-state index in [-0.39, 0.29) is 0 Å². The van der Waals surface area contributed by atoms with Crippen molar-refractivity contribution in [2.45, 2.75) is 59.0 Å². The van der Waals surface area contributed by atoms with Gasteiger partial charge in [0.1, 0.15) is 0 Å². The molecule has 72 valence electrons. The van der Waals surface area contributed by atoms with Gasteiger partial charge < -0.3 is 5.32 Å². The third kappa shape index (κ3) is 2.48. The third-order valence-electron chi connectivity index (χ3n) is 3.07.